The van der Waals surface area contributed by atoms with E-state index in [1.807, 2.05) is 32.0 Å². The van der Waals surface area contributed by atoms with E-state index in [-0.39, 0.29) is 37.2 Å². The summed E-state index contributed by atoms with van der Waals surface area (Å²) in [6.07, 6.45) is 0.394. The highest BCUT2D eigenvalue weighted by molar-refractivity contribution is 7.14. The summed E-state index contributed by atoms with van der Waals surface area (Å²) in [6, 6.07) is 12.0. The molecule has 0 spiro atoms. The lowest BCUT2D eigenvalue weighted by Crippen LogP contribution is -2.28. The van der Waals surface area contributed by atoms with E-state index in [1.54, 1.807) is 22.4 Å². The molecule has 0 radical (unpaired) electrons. The third kappa shape index (κ3) is 4.74. The molecule has 4 rings (SSSR count). The average molecular weight is 478 g/mol. The van der Waals surface area contributed by atoms with Gasteiger partial charge >= 0.3 is 5.97 Å². The summed E-state index contributed by atoms with van der Waals surface area (Å²) in [7, 11) is 0. The summed E-state index contributed by atoms with van der Waals surface area (Å²) in [5.74, 6) is -1.22. The van der Waals surface area contributed by atoms with Gasteiger partial charge in [-0.3, -0.25) is 24.2 Å². The Balaban J connectivity index is 1.43. The van der Waals surface area contributed by atoms with Gasteiger partial charge in [0.15, 0.2) is 5.13 Å². The molecule has 3 amide bonds. The Morgan fingerprint density at radius 3 is 2.35 bits per heavy atom. The Bertz CT molecular complexity index is 1270. The van der Waals surface area contributed by atoms with E-state index in [0.29, 0.717) is 22.1 Å². The molecule has 0 aliphatic carbocycles. The fraction of sp³-hybridized carbons (Fsp3) is 0.240. The average Bonchev–Trinajstić information content (AvgIpc) is 3.40. The highest BCUT2D eigenvalue weighted by atomic mass is 32.1. The zero-order valence-electron chi connectivity index (χ0n) is 19.0. The number of carbonyl (C=O) groups is 4. The van der Waals surface area contributed by atoms with Crippen LogP contribution in [0.3, 0.4) is 0 Å². The third-order valence-corrected chi connectivity index (χ3v) is 6.28. The topological polar surface area (TPSA) is 96.9 Å². The van der Waals surface area contributed by atoms with Crippen LogP contribution < -0.4 is 9.80 Å². The molecule has 1 saturated heterocycles. The fourth-order valence-corrected chi connectivity index (χ4v) is 4.63. The van der Waals surface area contributed by atoms with Crippen molar-refractivity contribution >= 4 is 51.5 Å². The molecule has 2 heterocycles. The molecule has 0 bridgehead atoms. The van der Waals surface area contributed by atoms with Gasteiger partial charge in [0.25, 0.3) is 0 Å². The second-order valence-corrected chi connectivity index (χ2v) is 8.85. The molecule has 0 atom stereocenters. The predicted molar refractivity (Wildman–Crippen MR) is 128 cm³/mol. The van der Waals surface area contributed by atoms with Crippen molar-refractivity contribution in [3.63, 3.8) is 0 Å². The Morgan fingerprint density at radius 2 is 1.74 bits per heavy atom. The van der Waals surface area contributed by atoms with Gasteiger partial charge in [-0.2, -0.15) is 0 Å². The molecule has 9 heteroatoms. The molecule has 1 aliphatic heterocycles. The van der Waals surface area contributed by atoms with Crippen LogP contribution in [0.25, 0.3) is 0 Å². The summed E-state index contributed by atoms with van der Waals surface area (Å²) >= 11 is 1.29. The number of hydrogen-bond acceptors (Lipinski definition) is 7. The molecule has 0 unspecified atom stereocenters. The molecule has 174 valence electrons. The van der Waals surface area contributed by atoms with E-state index in [1.165, 1.54) is 30.4 Å². The quantitative estimate of drug-likeness (QED) is 0.384. The highest BCUT2D eigenvalue weighted by Crippen LogP contribution is 2.32. The van der Waals surface area contributed by atoms with Crippen molar-refractivity contribution in [1.82, 2.24) is 4.98 Å². The fourth-order valence-electron chi connectivity index (χ4n) is 3.76. The molecule has 1 aliphatic rings. The normalized spacial score (nSPS) is 13.3. The van der Waals surface area contributed by atoms with Gasteiger partial charge in [-0.15, -0.1) is 11.3 Å². The third-order valence-electron chi connectivity index (χ3n) is 5.40. The Morgan fingerprint density at radius 1 is 1.06 bits per heavy atom. The zero-order chi connectivity index (χ0) is 24.4. The zero-order valence-corrected chi connectivity index (χ0v) is 19.8. The first-order valence-corrected chi connectivity index (χ1v) is 11.6. The Hall–Kier alpha value is -3.85. The van der Waals surface area contributed by atoms with Gasteiger partial charge in [0.1, 0.15) is 6.61 Å². The minimum atomic E-state index is -0.557. The van der Waals surface area contributed by atoms with Crippen LogP contribution in [-0.4, -0.2) is 28.7 Å². The number of hydrogen-bond donors (Lipinski definition) is 0. The smallest absolute Gasteiger partial charge is 0.338 e. The lowest BCUT2D eigenvalue weighted by molar-refractivity contribution is -0.121. The molecule has 8 nitrogen and oxygen atoms in total. The van der Waals surface area contributed by atoms with Crippen LogP contribution in [0.2, 0.25) is 0 Å². The van der Waals surface area contributed by atoms with Gasteiger partial charge in [0, 0.05) is 25.1 Å². The van der Waals surface area contributed by atoms with Gasteiger partial charge in [-0.05, 0) is 49.7 Å². The minimum absolute atomic E-state index is 0.0567. The first-order chi connectivity index (χ1) is 16.2. The monoisotopic (exact) mass is 477 g/mol. The lowest BCUT2D eigenvalue weighted by Gasteiger charge is -2.20. The number of aromatic nitrogens is 1. The van der Waals surface area contributed by atoms with Crippen molar-refractivity contribution in [2.45, 2.75) is 40.2 Å². The summed E-state index contributed by atoms with van der Waals surface area (Å²) < 4.78 is 5.37. The van der Waals surface area contributed by atoms with Crippen LogP contribution in [0.15, 0.2) is 47.8 Å². The van der Waals surface area contributed by atoms with Crippen molar-refractivity contribution in [2.24, 2.45) is 0 Å². The molecule has 1 aromatic heterocycles. The Labute approximate surface area is 200 Å². The number of amides is 3. The molecule has 3 aromatic rings. The number of imide groups is 1. The van der Waals surface area contributed by atoms with Crippen LogP contribution >= 0.6 is 11.3 Å². The van der Waals surface area contributed by atoms with E-state index in [4.69, 9.17) is 4.74 Å². The first kappa shape index (κ1) is 23.3. The maximum Gasteiger partial charge on any atom is 0.338 e. The molecule has 0 saturated carbocycles. The van der Waals surface area contributed by atoms with Crippen LogP contribution in [0.1, 0.15) is 46.9 Å². The van der Waals surface area contributed by atoms with Crippen molar-refractivity contribution in [1.29, 1.82) is 0 Å². The second kappa shape index (κ2) is 9.56. The van der Waals surface area contributed by atoms with E-state index >= 15 is 0 Å². The minimum Gasteiger partial charge on any atom is -0.456 e. The number of benzene rings is 2. The van der Waals surface area contributed by atoms with Gasteiger partial charge in [0.2, 0.25) is 17.7 Å². The van der Waals surface area contributed by atoms with Crippen molar-refractivity contribution in [3.05, 3.63) is 70.2 Å². The number of aryl methyl sites for hydroxylation is 2. The van der Waals surface area contributed by atoms with Crippen molar-refractivity contribution in [3.8, 4) is 0 Å². The van der Waals surface area contributed by atoms with Gasteiger partial charge in [0.05, 0.1) is 22.6 Å². The van der Waals surface area contributed by atoms with E-state index in [0.717, 1.165) is 21.7 Å². The maximum absolute atomic E-state index is 12.5. The maximum atomic E-state index is 12.5. The van der Waals surface area contributed by atoms with Crippen LogP contribution in [0, 0.1) is 13.8 Å². The largest absolute Gasteiger partial charge is 0.456 e. The molecule has 1 fully saturated rings. The number of ether oxygens (including phenoxy) is 1. The van der Waals surface area contributed by atoms with Crippen molar-refractivity contribution < 1.29 is 23.9 Å². The van der Waals surface area contributed by atoms with Gasteiger partial charge in [-0.1, -0.05) is 17.7 Å². The van der Waals surface area contributed by atoms with Gasteiger partial charge < -0.3 is 4.74 Å². The number of carbonyl (C=O) groups excluding carboxylic acids is 4. The molecule has 0 N–H and O–H groups in total. The van der Waals surface area contributed by atoms with E-state index in [9.17, 15) is 19.2 Å². The van der Waals surface area contributed by atoms with Crippen LogP contribution in [0.5, 0.6) is 0 Å². The number of anilines is 3. The molecule has 2 aromatic carbocycles. The summed E-state index contributed by atoms with van der Waals surface area (Å²) in [5, 5.41) is 2.24. The Kier molecular flexibility index (Phi) is 6.56. The number of rotatable bonds is 6. The second-order valence-electron chi connectivity index (χ2n) is 8.01. The van der Waals surface area contributed by atoms with E-state index < -0.39 is 5.97 Å². The van der Waals surface area contributed by atoms with Crippen LogP contribution in [-0.2, 0) is 25.7 Å². The SMILES string of the molecule is CC(=O)N(c1nc(COC(=O)c2ccc(N3C(=O)CCC3=O)cc2)cs1)c1ccc(C)cc1C. The molecular weight excluding hydrogens is 454 g/mol. The lowest BCUT2D eigenvalue weighted by atomic mass is 10.1. The predicted octanol–water partition coefficient (Wildman–Crippen LogP) is 4.45. The summed E-state index contributed by atoms with van der Waals surface area (Å²) in [4.78, 5) is 55.7. The highest BCUT2D eigenvalue weighted by Gasteiger charge is 2.30. The molecule has 34 heavy (non-hydrogen) atoms. The van der Waals surface area contributed by atoms with Crippen LogP contribution in [0.4, 0.5) is 16.5 Å². The van der Waals surface area contributed by atoms with Crippen molar-refractivity contribution in [2.75, 3.05) is 9.80 Å². The first-order valence-electron chi connectivity index (χ1n) is 10.7. The molecular formula is C25H23N3O5S. The standard InChI is InChI=1S/C25H23N3O5S/c1-15-4-9-21(16(2)12-15)27(17(3)29)25-26-19(14-34-25)13-33-24(32)18-5-7-20(8-6-18)28-22(30)10-11-23(28)31/h4-9,12,14H,10-11,13H2,1-3H3. The number of nitrogens with zero attached hydrogens (tertiary/aromatic N) is 3. The summed E-state index contributed by atoms with van der Waals surface area (Å²) in [6.45, 7) is 5.35. The number of thiazole rings is 1. The summed E-state index contributed by atoms with van der Waals surface area (Å²) in [5.41, 5.74) is 4.06. The van der Waals surface area contributed by atoms with E-state index in [2.05, 4.69) is 4.98 Å². The number of esters is 1. The van der Waals surface area contributed by atoms with Gasteiger partial charge in [-0.25, -0.2) is 9.78 Å².